The summed E-state index contributed by atoms with van der Waals surface area (Å²) in [5.41, 5.74) is 4.85. The number of benzene rings is 7. The molecule has 48 heavy (non-hydrogen) atoms. The van der Waals surface area contributed by atoms with Gasteiger partial charge in [-0.2, -0.15) is 23.7 Å². The highest BCUT2D eigenvalue weighted by Crippen LogP contribution is 2.36. The largest absolute Gasteiger partial charge is 0.416 e. The van der Waals surface area contributed by atoms with Crippen molar-refractivity contribution in [2.24, 2.45) is 0 Å². The van der Waals surface area contributed by atoms with Gasteiger partial charge in [0.1, 0.15) is 12.1 Å². The SMILES string of the molecule is N#Cc1c2ccccc2c(C#N)c2cc(C=Cc3ccc(N(Cc4ccc(C(F)(F)F)cc4)c4cccc5ccccc45)cc3)ccc12. The first-order valence-corrected chi connectivity index (χ1v) is 15.3. The van der Waals surface area contributed by atoms with Crippen LogP contribution in [0.1, 0.15) is 33.4 Å². The molecule has 0 unspecified atom stereocenters. The maximum absolute atomic E-state index is 13.2. The summed E-state index contributed by atoms with van der Waals surface area (Å²) in [4.78, 5) is 2.11. The number of alkyl halides is 3. The molecule has 0 saturated heterocycles. The van der Waals surface area contributed by atoms with Gasteiger partial charge in [-0.3, -0.25) is 0 Å². The Morgan fingerprint density at radius 1 is 0.562 bits per heavy atom. The molecule has 6 heteroatoms. The minimum absolute atomic E-state index is 0.374. The van der Waals surface area contributed by atoms with E-state index in [2.05, 4.69) is 17.0 Å². The number of rotatable bonds is 6. The van der Waals surface area contributed by atoms with E-state index in [0.29, 0.717) is 17.7 Å². The molecule has 0 aliphatic carbocycles. The highest BCUT2D eigenvalue weighted by molar-refractivity contribution is 6.09. The molecule has 0 heterocycles. The first kappa shape index (κ1) is 30.3. The molecule has 0 spiro atoms. The molecule has 0 N–H and O–H groups in total. The third kappa shape index (κ3) is 5.73. The van der Waals surface area contributed by atoms with Crippen LogP contribution in [0.2, 0.25) is 0 Å². The Hall–Kier alpha value is -6.37. The van der Waals surface area contributed by atoms with Crippen molar-refractivity contribution in [3.05, 3.63) is 167 Å². The van der Waals surface area contributed by atoms with Crippen molar-refractivity contribution in [2.75, 3.05) is 4.90 Å². The van der Waals surface area contributed by atoms with Gasteiger partial charge in [0, 0.05) is 44.9 Å². The van der Waals surface area contributed by atoms with Crippen LogP contribution in [0.5, 0.6) is 0 Å². The van der Waals surface area contributed by atoms with E-state index in [9.17, 15) is 23.7 Å². The summed E-state index contributed by atoms with van der Waals surface area (Å²) in [5, 5.41) is 25.1. The van der Waals surface area contributed by atoms with E-state index in [1.54, 1.807) is 0 Å². The van der Waals surface area contributed by atoms with Crippen molar-refractivity contribution in [1.82, 2.24) is 0 Å². The maximum atomic E-state index is 13.2. The maximum Gasteiger partial charge on any atom is 0.416 e. The Morgan fingerprint density at radius 2 is 1.12 bits per heavy atom. The minimum atomic E-state index is -4.39. The van der Waals surface area contributed by atoms with Crippen molar-refractivity contribution in [2.45, 2.75) is 12.7 Å². The van der Waals surface area contributed by atoms with Gasteiger partial charge in [0.2, 0.25) is 0 Å². The first-order valence-electron chi connectivity index (χ1n) is 15.3. The molecular formula is C42H26F3N3. The first-order chi connectivity index (χ1) is 23.3. The molecule has 0 fully saturated rings. The molecule has 0 saturated carbocycles. The Morgan fingerprint density at radius 3 is 1.79 bits per heavy atom. The number of nitrogens with zero attached hydrogens (tertiary/aromatic N) is 3. The van der Waals surface area contributed by atoms with Crippen LogP contribution < -0.4 is 4.90 Å². The molecule has 230 valence electrons. The fraction of sp³-hybridized carbons (Fsp3) is 0.0476. The smallest absolute Gasteiger partial charge is 0.336 e. The average Bonchev–Trinajstić information content (AvgIpc) is 3.12. The van der Waals surface area contributed by atoms with Gasteiger partial charge in [-0.05, 0) is 58.5 Å². The monoisotopic (exact) mass is 629 g/mol. The highest BCUT2D eigenvalue weighted by atomic mass is 19.4. The van der Waals surface area contributed by atoms with Gasteiger partial charge >= 0.3 is 6.18 Å². The number of fused-ring (bicyclic) bond motifs is 3. The van der Waals surface area contributed by atoms with Crippen molar-refractivity contribution in [3.8, 4) is 12.1 Å². The van der Waals surface area contributed by atoms with Crippen LogP contribution in [-0.2, 0) is 12.7 Å². The zero-order chi connectivity index (χ0) is 33.3. The van der Waals surface area contributed by atoms with Crippen LogP contribution in [0.3, 0.4) is 0 Å². The summed E-state index contributed by atoms with van der Waals surface area (Å²) in [5.74, 6) is 0. The lowest BCUT2D eigenvalue weighted by Gasteiger charge is -2.27. The van der Waals surface area contributed by atoms with Crippen molar-refractivity contribution in [1.29, 1.82) is 10.5 Å². The van der Waals surface area contributed by atoms with Gasteiger partial charge in [0.25, 0.3) is 0 Å². The lowest BCUT2D eigenvalue weighted by Crippen LogP contribution is -2.17. The molecule has 3 nitrogen and oxygen atoms in total. The van der Waals surface area contributed by atoms with Crippen LogP contribution in [0, 0.1) is 22.7 Å². The van der Waals surface area contributed by atoms with E-state index in [0.717, 1.165) is 72.5 Å². The average molecular weight is 630 g/mol. The van der Waals surface area contributed by atoms with Gasteiger partial charge in [0.15, 0.2) is 0 Å². The molecule has 7 rings (SSSR count). The number of halogens is 3. The van der Waals surface area contributed by atoms with Crippen LogP contribution in [0.25, 0.3) is 44.5 Å². The highest BCUT2D eigenvalue weighted by Gasteiger charge is 2.30. The second-order valence-electron chi connectivity index (χ2n) is 11.5. The van der Waals surface area contributed by atoms with Gasteiger partial charge in [-0.15, -0.1) is 0 Å². The lowest BCUT2D eigenvalue weighted by atomic mass is 9.91. The van der Waals surface area contributed by atoms with E-state index in [4.69, 9.17) is 0 Å². The van der Waals surface area contributed by atoms with Crippen LogP contribution in [-0.4, -0.2) is 0 Å². The second kappa shape index (κ2) is 12.4. The molecule has 0 bridgehead atoms. The van der Waals surface area contributed by atoms with Gasteiger partial charge in [0.05, 0.1) is 16.7 Å². The third-order valence-electron chi connectivity index (χ3n) is 8.62. The number of hydrogen-bond acceptors (Lipinski definition) is 3. The minimum Gasteiger partial charge on any atom is -0.336 e. The van der Waals surface area contributed by atoms with E-state index in [1.165, 1.54) is 12.1 Å². The van der Waals surface area contributed by atoms with Crippen LogP contribution in [0.4, 0.5) is 24.5 Å². The van der Waals surface area contributed by atoms with E-state index >= 15 is 0 Å². The predicted molar refractivity (Wildman–Crippen MR) is 187 cm³/mol. The van der Waals surface area contributed by atoms with Crippen LogP contribution >= 0.6 is 0 Å². The summed E-state index contributed by atoms with van der Waals surface area (Å²) in [6, 6.07) is 45.3. The van der Waals surface area contributed by atoms with E-state index < -0.39 is 11.7 Å². The number of anilines is 2. The normalized spacial score (nSPS) is 11.6. The van der Waals surface area contributed by atoms with Crippen molar-refractivity contribution in [3.63, 3.8) is 0 Å². The predicted octanol–water partition coefficient (Wildman–Crippen LogP) is 11.4. The molecule has 0 aliphatic heterocycles. The summed E-state index contributed by atoms with van der Waals surface area (Å²) in [6.45, 7) is 0.374. The second-order valence-corrected chi connectivity index (χ2v) is 11.5. The number of nitriles is 2. The molecular weight excluding hydrogens is 603 g/mol. The molecule has 7 aromatic carbocycles. The summed E-state index contributed by atoms with van der Waals surface area (Å²) < 4.78 is 39.7. The Kier molecular flexibility index (Phi) is 7.85. The molecule has 0 atom stereocenters. The van der Waals surface area contributed by atoms with Gasteiger partial charge in [-0.1, -0.05) is 109 Å². The fourth-order valence-corrected chi connectivity index (χ4v) is 6.24. The Balaban J connectivity index is 1.23. The molecule has 0 amide bonds. The van der Waals surface area contributed by atoms with E-state index in [-0.39, 0.29) is 0 Å². The van der Waals surface area contributed by atoms with Crippen LogP contribution in [0.15, 0.2) is 133 Å². The summed E-state index contributed by atoms with van der Waals surface area (Å²) in [7, 11) is 0. The fourth-order valence-electron chi connectivity index (χ4n) is 6.24. The Labute approximate surface area is 275 Å². The Bertz CT molecular complexity index is 2420. The molecule has 0 aliphatic rings. The summed E-state index contributed by atoms with van der Waals surface area (Å²) in [6.07, 6.45) is -0.432. The quantitative estimate of drug-likeness (QED) is 0.136. The van der Waals surface area contributed by atoms with Gasteiger partial charge in [-0.25, -0.2) is 0 Å². The lowest BCUT2D eigenvalue weighted by molar-refractivity contribution is -0.137. The third-order valence-corrected chi connectivity index (χ3v) is 8.62. The molecule has 0 radical (unpaired) electrons. The topological polar surface area (TPSA) is 50.8 Å². The number of hydrogen-bond donors (Lipinski definition) is 0. The van der Waals surface area contributed by atoms with Crippen molar-refractivity contribution >= 4 is 55.8 Å². The standard InChI is InChI=1S/C42H26F3N3/c43-42(44,45)32-19-14-30(15-20-32)27-48(41-11-5-7-31-6-1-2-8-34(31)41)33-21-16-28(17-22-33)12-13-29-18-23-37-38(24-29)40(26-47)36-10-4-3-9-35(36)39(37)25-46/h1-24H,27H2. The van der Waals surface area contributed by atoms with Crippen molar-refractivity contribution < 1.29 is 13.2 Å². The van der Waals surface area contributed by atoms with Gasteiger partial charge < -0.3 is 4.90 Å². The van der Waals surface area contributed by atoms with E-state index in [1.807, 2.05) is 121 Å². The zero-order valence-corrected chi connectivity index (χ0v) is 25.5. The molecule has 7 aromatic rings. The summed E-state index contributed by atoms with van der Waals surface area (Å²) >= 11 is 0. The molecule has 0 aromatic heterocycles. The zero-order valence-electron chi connectivity index (χ0n) is 25.5.